The largest absolute Gasteiger partial charge is 0.497 e. The van der Waals surface area contributed by atoms with Crippen LogP contribution in [0.5, 0.6) is 5.75 Å². The third kappa shape index (κ3) is 6.15. The lowest BCUT2D eigenvalue weighted by Gasteiger charge is -2.31. The average Bonchev–Trinajstić information content (AvgIpc) is 2.96. The number of piperidine rings is 1. The van der Waals surface area contributed by atoms with Gasteiger partial charge < -0.3 is 9.64 Å². The minimum atomic E-state index is -4.25. The number of likely N-dealkylation sites (tertiary alicyclic amines) is 1. The smallest absolute Gasteiger partial charge is 0.262 e. The molecule has 0 saturated carbocycles. The lowest BCUT2D eigenvalue weighted by Crippen LogP contribution is -2.51. The summed E-state index contributed by atoms with van der Waals surface area (Å²) in [6.07, 6.45) is 2.80. The second kappa shape index (κ2) is 12.4. The molecule has 1 atom stereocenters. The van der Waals surface area contributed by atoms with Crippen molar-refractivity contribution < 1.29 is 28.0 Å². The van der Waals surface area contributed by atoms with Crippen LogP contribution in [0, 0.1) is 0 Å². The van der Waals surface area contributed by atoms with Crippen molar-refractivity contribution >= 4 is 32.6 Å². The Labute approximate surface area is 223 Å². The molecule has 0 aliphatic carbocycles. The van der Waals surface area contributed by atoms with E-state index in [0.717, 1.165) is 39.9 Å². The van der Waals surface area contributed by atoms with Crippen molar-refractivity contribution in [3.05, 3.63) is 72.3 Å². The quantitative estimate of drug-likeness (QED) is 0.302. The van der Waals surface area contributed by atoms with Crippen molar-refractivity contribution in [3.8, 4) is 5.75 Å². The van der Waals surface area contributed by atoms with Crippen molar-refractivity contribution in [1.29, 1.82) is 0 Å². The van der Waals surface area contributed by atoms with Gasteiger partial charge in [0.1, 0.15) is 11.8 Å². The van der Waals surface area contributed by atoms with E-state index in [1.165, 1.54) is 31.4 Å². The fourth-order valence-electron chi connectivity index (χ4n) is 4.91. The summed E-state index contributed by atoms with van der Waals surface area (Å²) in [5.41, 5.74) is 2.39. The molecule has 0 aromatic heterocycles. The first-order chi connectivity index (χ1) is 18.3. The van der Waals surface area contributed by atoms with Crippen LogP contribution in [-0.2, 0) is 26.0 Å². The third-order valence-corrected chi connectivity index (χ3v) is 8.90. The number of amides is 2. The van der Waals surface area contributed by atoms with Gasteiger partial charge in [-0.3, -0.25) is 14.8 Å². The summed E-state index contributed by atoms with van der Waals surface area (Å²) < 4.78 is 34.1. The second-order valence-electron chi connectivity index (χ2n) is 9.32. The minimum absolute atomic E-state index is 0.00103. The number of nitrogens with zero attached hydrogens (tertiary/aromatic N) is 2. The highest BCUT2D eigenvalue weighted by Crippen LogP contribution is 2.26. The number of hydrogen-bond acceptors (Lipinski definition) is 6. The number of sulfonamides is 1. The van der Waals surface area contributed by atoms with Gasteiger partial charge in [0.25, 0.3) is 5.91 Å². The molecule has 0 radical (unpaired) electrons. The van der Waals surface area contributed by atoms with E-state index in [9.17, 15) is 23.2 Å². The molecule has 1 saturated heterocycles. The van der Waals surface area contributed by atoms with Crippen LogP contribution >= 0.6 is 0 Å². The first kappa shape index (κ1) is 27.6. The Kier molecular flexibility index (Phi) is 8.98. The van der Waals surface area contributed by atoms with Gasteiger partial charge in [-0.2, -0.15) is 4.31 Å². The van der Waals surface area contributed by atoms with Crippen molar-refractivity contribution in [2.24, 2.45) is 0 Å². The third-order valence-electron chi connectivity index (χ3n) is 6.97. The second-order valence-corrected chi connectivity index (χ2v) is 11.2. The van der Waals surface area contributed by atoms with E-state index in [0.29, 0.717) is 18.8 Å². The molecule has 4 rings (SSSR count). The molecular formula is C28H33N3O6S. The van der Waals surface area contributed by atoms with E-state index in [1.54, 1.807) is 10.4 Å². The standard InChI is InChI=1S/C28H33N3O6S/c1-37-23-12-14-24(15-13-23)38(35,36)31(19-16-27(32)30-17-5-2-6-18-30)26(28(33)29-34)20-22-10-7-9-21-8-3-4-11-25(21)22/h3-4,7-15,26,34H,2,5-6,16-20H2,1H3,(H,29,33). The fraction of sp³-hybridized carbons (Fsp3) is 0.357. The molecule has 3 aromatic rings. The SMILES string of the molecule is COc1ccc(S(=O)(=O)N(CCC(=O)N2CCCCC2)C(Cc2cccc3ccccc23)C(=O)NO)cc1. The number of ether oxygens (including phenoxy) is 1. The van der Waals surface area contributed by atoms with Gasteiger partial charge in [-0.25, -0.2) is 13.9 Å². The molecule has 1 aliphatic rings. The van der Waals surface area contributed by atoms with Gasteiger partial charge in [0.05, 0.1) is 12.0 Å². The first-order valence-corrected chi connectivity index (χ1v) is 14.1. The zero-order valence-electron chi connectivity index (χ0n) is 21.4. The minimum Gasteiger partial charge on any atom is -0.497 e. The number of fused-ring (bicyclic) bond motifs is 1. The zero-order chi connectivity index (χ0) is 27.1. The van der Waals surface area contributed by atoms with Crippen LogP contribution in [0.2, 0.25) is 0 Å². The number of hydroxylamine groups is 1. The Morgan fingerprint density at radius 2 is 1.68 bits per heavy atom. The summed E-state index contributed by atoms with van der Waals surface area (Å²) in [4.78, 5) is 27.7. The molecule has 202 valence electrons. The number of benzene rings is 3. The Morgan fingerprint density at radius 3 is 2.37 bits per heavy atom. The Hall–Kier alpha value is -3.47. The van der Waals surface area contributed by atoms with Gasteiger partial charge in [-0.1, -0.05) is 42.5 Å². The molecule has 1 unspecified atom stereocenters. The monoisotopic (exact) mass is 539 g/mol. The molecule has 2 amide bonds. The van der Waals surface area contributed by atoms with Crippen LogP contribution in [0.1, 0.15) is 31.2 Å². The normalized spacial score (nSPS) is 14.9. The van der Waals surface area contributed by atoms with Crippen LogP contribution < -0.4 is 10.2 Å². The molecule has 3 aromatic carbocycles. The molecule has 38 heavy (non-hydrogen) atoms. The van der Waals surface area contributed by atoms with E-state index in [2.05, 4.69) is 0 Å². The highest BCUT2D eigenvalue weighted by atomic mass is 32.2. The van der Waals surface area contributed by atoms with Gasteiger partial charge in [-0.05, 0) is 66.3 Å². The van der Waals surface area contributed by atoms with E-state index in [4.69, 9.17) is 4.74 Å². The average molecular weight is 540 g/mol. The number of carbonyl (C=O) groups is 2. The van der Waals surface area contributed by atoms with Gasteiger partial charge in [0.2, 0.25) is 15.9 Å². The van der Waals surface area contributed by atoms with Crippen molar-refractivity contribution in [2.75, 3.05) is 26.7 Å². The van der Waals surface area contributed by atoms with Crippen LogP contribution in [0.25, 0.3) is 10.8 Å². The van der Waals surface area contributed by atoms with E-state index in [-0.39, 0.29) is 30.2 Å². The van der Waals surface area contributed by atoms with Gasteiger partial charge in [0, 0.05) is 26.1 Å². The predicted octanol–water partition coefficient (Wildman–Crippen LogP) is 3.36. The van der Waals surface area contributed by atoms with Crippen LogP contribution in [-0.4, -0.2) is 67.4 Å². The van der Waals surface area contributed by atoms with E-state index < -0.39 is 22.0 Å². The maximum Gasteiger partial charge on any atom is 0.262 e. The predicted molar refractivity (Wildman–Crippen MR) is 143 cm³/mol. The number of hydrogen-bond donors (Lipinski definition) is 2. The summed E-state index contributed by atoms with van der Waals surface area (Å²) in [7, 11) is -2.77. The summed E-state index contributed by atoms with van der Waals surface area (Å²) >= 11 is 0. The Morgan fingerprint density at radius 1 is 1.00 bits per heavy atom. The van der Waals surface area contributed by atoms with Crippen molar-refractivity contribution in [3.63, 3.8) is 0 Å². The molecule has 0 spiro atoms. The first-order valence-electron chi connectivity index (χ1n) is 12.7. The molecular weight excluding hydrogens is 506 g/mol. The summed E-state index contributed by atoms with van der Waals surface area (Å²) in [5, 5.41) is 11.4. The van der Waals surface area contributed by atoms with Crippen LogP contribution in [0.4, 0.5) is 0 Å². The molecule has 0 bridgehead atoms. The lowest BCUT2D eigenvalue weighted by atomic mass is 9.98. The number of rotatable bonds is 10. The highest BCUT2D eigenvalue weighted by molar-refractivity contribution is 7.89. The van der Waals surface area contributed by atoms with Gasteiger partial charge in [0.15, 0.2) is 0 Å². The summed E-state index contributed by atoms with van der Waals surface area (Å²) in [6, 6.07) is 17.8. The lowest BCUT2D eigenvalue weighted by molar-refractivity contribution is -0.135. The molecule has 9 nitrogen and oxygen atoms in total. The maximum absolute atomic E-state index is 13.9. The van der Waals surface area contributed by atoms with E-state index >= 15 is 0 Å². The zero-order valence-corrected chi connectivity index (χ0v) is 22.2. The van der Waals surface area contributed by atoms with Gasteiger partial charge in [-0.15, -0.1) is 0 Å². The highest BCUT2D eigenvalue weighted by Gasteiger charge is 2.37. The molecule has 1 aliphatic heterocycles. The molecule has 2 N–H and O–H groups in total. The topological polar surface area (TPSA) is 116 Å². The molecule has 1 fully saturated rings. The Balaban J connectivity index is 1.72. The molecule has 1 heterocycles. The Bertz CT molecular complexity index is 1370. The van der Waals surface area contributed by atoms with E-state index in [1.807, 2.05) is 42.5 Å². The number of methoxy groups -OCH3 is 1. The van der Waals surface area contributed by atoms with Crippen LogP contribution in [0.3, 0.4) is 0 Å². The summed E-state index contributed by atoms with van der Waals surface area (Å²) in [5.74, 6) is -0.551. The number of nitrogens with one attached hydrogen (secondary N) is 1. The maximum atomic E-state index is 13.9. The van der Waals surface area contributed by atoms with Crippen LogP contribution in [0.15, 0.2) is 71.6 Å². The fourth-order valence-corrected chi connectivity index (χ4v) is 6.50. The van der Waals surface area contributed by atoms with Crippen molar-refractivity contribution in [1.82, 2.24) is 14.7 Å². The molecule has 10 heteroatoms. The number of carbonyl (C=O) groups excluding carboxylic acids is 2. The summed E-state index contributed by atoms with van der Waals surface area (Å²) in [6.45, 7) is 1.06. The van der Waals surface area contributed by atoms with Gasteiger partial charge >= 0.3 is 0 Å². The van der Waals surface area contributed by atoms with Crippen molar-refractivity contribution in [2.45, 2.75) is 43.0 Å².